The zero-order valence-corrected chi connectivity index (χ0v) is 23.4. The van der Waals surface area contributed by atoms with Crippen molar-refractivity contribution in [3.05, 3.63) is 158 Å². The van der Waals surface area contributed by atoms with E-state index in [9.17, 15) is 0 Å². The average Bonchev–Trinajstić information content (AvgIpc) is 3.13. The van der Waals surface area contributed by atoms with Gasteiger partial charge in [-0.1, -0.05) is 121 Å². The van der Waals surface area contributed by atoms with Gasteiger partial charge in [0.05, 0.1) is 16.6 Å². The van der Waals surface area contributed by atoms with Gasteiger partial charge in [0.1, 0.15) is 0 Å². The third-order valence-electron chi connectivity index (χ3n) is 8.85. The number of fused-ring (bicyclic) bond motifs is 13. The molecule has 0 atom stereocenters. The van der Waals surface area contributed by atoms with E-state index in [1.807, 2.05) is 12.3 Å². The highest BCUT2D eigenvalue weighted by Crippen LogP contribution is 2.37. The van der Waals surface area contributed by atoms with Gasteiger partial charge in [-0.2, -0.15) is 0 Å². The van der Waals surface area contributed by atoms with Crippen LogP contribution in [-0.2, 0) is 0 Å². The van der Waals surface area contributed by atoms with Gasteiger partial charge in [-0.05, 0) is 68.0 Å². The van der Waals surface area contributed by atoms with Crippen molar-refractivity contribution >= 4 is 75.8 Å². The highest BCUT2D eigenvalue weighted by Gasteiger charge is 2.13. The summed E-state index contributed by atoms with van der Waals surface area (Å²) in [7, 11) is 0. The molecule has 0 saturated heterocycles. The molecule has 0 aliphatic rings. The number of hydrogen-bond donors (Lipinski definition) is 0. The predicted octanol–water partition coefficient (Wildman–Crippen LogP) is 11.1. The van der Waals surface area contributed by atoms with Crippen LogP contribution >= 0.6 is 0 Å². The molecule has 0 radical (unpaired) electrons. The molecular weight excluding hydrogens is 520 g/mol. The Bertz CT molecular complexity index is 2490. The highest BCUT2D eigenvalue weighted by molar-refractivity contribution is 6.25. The van der Waals surface area contributed by atoms with Gasteiger partial charge >= 0.3 is 0 Å². The van der Waals surface area contributed by atoms with Crippen LogP contribution in [0.4, 0.5) is 0 Å². The zero-order valence-electron chi connectivity index (χ0n) is 23.4. The van der Waals surface area contributed by atoms with Crippen LogP contribution in [0, 0.1) is 0 Å². The van der Waals surface area contributed by atoms with Gasteiger partial charge in [-0.25, -0.2) is 0 Å². The van der Waals surface area contributed by atoms with Gasteiger partial charge in [0, 0.05) is 33.4 Å². The number of nitrogens with zero attached hydrogens (tertiary/aromatic N) is 2. The maximum absolute atomic E-state index is 4.85. The summed E-state index contributed by atoms with van der Waals surface area (Å²) in [4.78, 5) is 4.85. The first-order chi connectivity index (χ1) is 21.4. The second-order valence-electron chi connectivity index (χ2n) is 11.1. The molecule has 0 bridgehead atoms. The molecule has 0 spiro atoms. The number of hydrogen-bond acceptors (Lipinski definition) is 1. The third kappa shape index (κ3) is 3.57. The quantitative estimate of drug-likeness (QED) is 0.187. The normalized spacial score (nSPS) is 11.7. The van der Waals surface area contributed by atoms with Crippen molar-refractivity contribution in [1.29, 1.82) is 0 Å². The molecule has 43 heavy (non-hydrogen) atoms. The number of benzene rings is 7. The van der Waals surface area contributed by atoms with Crippen LogP contribution in [0.3, 0.4) is 0 Å². The summed E-state index contributed by atoms with van der Waals surface area (Å²) >= 11 is 0. The summed E-state index contributed by atoms with van der Waals surface area (Å²) in [5, 5.41) is 13.4. The fourth-order valence-electron chi connectivity index (χ4n) is 7.00. The minimum absolute atomic E-state index is 1.04. The first kappa shape index (κ1) is 23.9. The molecule has 0 N–H and O–H groups in total. The van der Waals surface area contributed by atoms with E-state index < -0.39 is 0 Å². The molecule has 0 aliphatic carbocycles. The van der Waals surface area contributed by atoms with Gasteiger partial charge in [-0.3, -0.25) is 4.98 Å². The Hall–Kier alpha value is -5.73. The number of rotatable bonds is 1. The first-order valence-electron chi connectivity index (χ1n) is 14.7. The van der Waals surface area contributed by atoms with Crippen molar-refractivity contribution in [2.75, 3.05) is 0 Å². The van der Waals surface area contributed by atoms with E-state index in [4.69, 9.17) is 4.98 Å². The van der Waals surface area contributed by atoms with Crippen molar-refractivity contribution in [1.82, 2.24) is 9.55 Å². The molecule has 2 nitrogen and oxygen atoms in total. The summed E-state index contributed by atoms with van der Waals surface area (Å²) in [6.45, 7) is 0. The molecule has 2 heterocycles. The van der Waals surface area contributed by atoms with Gasteiger partial charge < -0.3 is 4.57 Å². The van der Waals surface area contributed by atoms with Crippen LogP contribution in [0.5, 0.6) is 0 Å². The van der Waals surface area contributed by atoms with E-state index in [2.05, 4.69) is 150 Å². The van der Waals surface area contributed by atoms with Crippen molar-refractivity contribution in [3.8, 4) is 5.69 Å². The summed E-state index contributed by atoms with van der Waals surface area (Å²) in [5.74, 6) is 0. The Kier molecular flexibility index (Phi) is 5.23. The van der Waals surface area contributed by atoms with Crippen molar-refractivity contribution in [2.24, 2.45) is 0 Å². The molecule has 0 fully saturated rings. The van der Waals surface area contributed by atoms with Crippen LogP contribution in [0.1, 0.15) is 0 Å². The van der Waals surface area contributed by atoms with Crippen LogP contribution in [0.25, 0.3) is 81.5 Å². The summed E-state index contributed by atoms with van der Waals surface area (Å²) < 4.78 is 2.44. The number of pyridine rings is 1. The van der Waals surface area contributed by atoms with E-state index in [1.165, 1.54) is 59.2 Å². The minimum Gasteiger partial charge on any atom is -0.309 e. The SMILES string of the molecule is c1ccc2c(c1)c1cc(-n3c4ccccc4c4ccccc4c4ccccc4c4ccccc43)ccc1c1ncccc21. The van der Waals surface area contributed by atoms with Crippen LogP contribution < -0.4 is 0 Å². The van der Waals surface area contributed by atoms with E-state index in [0.29, 0.717) is 0 Å². The molecule has 200 valence electrons. The Balaban J connectivity index is 1.56. The van der Waals surface area contributed by atoms with E-state index in [1.54, 1.807) is 0 Å². The molecule has 2 heteroatoms. The summed E-state index contributed by atoms with van der Waals surface area (Å²) in [6.07, 6.45) is 1.90. The van der Waals surface area contributed by atoms with E-state index in [0.717, 1.165) is 22.2 Å². The molecule has 7 aromatic carbocycles. The van der Waals surface area contributed by atoms with Crippen molar-refractivity contribution in [3.63, 3.8) is 0 Å². The number of para-hydroxylation sites is 2. The smallest absolute Gasteiger partial charge is 0.0786 e. The highest BCUT2D eigenvalue weighted by atomic mass is 15.0. The first-order valence-corrected chi connectivity index (χ1v) is 14.7. The molecule has 0 unspecified atom stereocenters. The number of aromatic nitrogens is 2. The topological polar surface area (TPSA) is 17.8 Å². The Morgan fingerprint density at radius 2 is 0.721 bits per heavy atom. The summed E-state index contributed by atoms with van der Waals surface area (Å²) in [6, 6.07) is 55.0. The summed E-state index contributed by atoms with van der Waals surface area (Å²) in [5.41, 5.74) is 4.45. The fraction of sp³-hybridized carbons (Fsp3) is 0. The lowest BCUT2D eigenvalue weighted by atomic mass is 9.96. The average molecular weight is 547 g/mol. The maximum atomic E-state index is 4.85. The Morgan fingerprint density at radius 3 is 1.28 bits per heavy atom. The van der Waals surface area contributed by atoms with Crippen LogP contribution in [-0.4, -0.2) is 9.55 Å². The maximum Gasteiger partial charge on any atom is 0.0786 e. The molecule has 0 aliphatic heterocycles. The lowest BCUT2D eigenvalue weighted by molar-refractivity contribution is 1.18. The fourth-order valence-corrected chi connectivity index (χ4v) is 7.00. The largest absolute Gasteiger partial charge is 0.309 e. The van der Waals surface area contributed by atoms with E-state index >= 15 is 0 Å². The lowest BCUT2D eigenvalue weighted by Gasteiger charge is -2.16. The van der Waals surface area contributed by atoms with Gasteiger partial charge in [0.2, 0.25) is 0 Å². The lowest BCUT2D eigenvalue weighted by Crippen LogP contribution is -1.98. The zero-order chi connectivity index (χ0) is 28.3. The molecule has 0 saturated carbocycles. The van der Waals surface area contributed by atoms with Crippen molar-refractivity contribution in [2.45, 2.75) is 0 Å². The van der Waals surface area contributed by atoms with Gasteiger partial charge in [-0.15, -0.1) is 0 Å². The standard InChI is InChI=1S/C41H26N2/c1-3-14-30-28(12-1)29-13-2-4-15-31(29)35-19-8-10-22-40(35)43(39-21-9-7-18-34(30)39)27-23-24-37-38(26-27)33-17-6-5-16-32(33)36-20-11-25-42-41(36)37/h1-26H. The molecule has 0 amide bonds. The monoisotopic (exact) mass is 546 g/mol. The minimum atomic E-state index is 1.04. The molecule has 9 aromatic rings. The second kappa shape index (κ2) is 9.40. The molecular formula is C41H26N2. The second-order valence-corrected chi connectivity index (χ2v) is 11.1. The molecule has 2 aromatic heterocycles. The Labute approximate surface area is 248 Å². The van der Waals surface area contributed by atoms with Gasteiger partial charge in [0.25, 0.3) is 0 Å². The van der Waals surface area contributed by atoms with Crippen LogP contribution in [0.2, 0.25) is 0 Å². The van der Waals surface area contributed by atoms with Crippen LogP contribution in [0.15, 0.2) is 158 Å². The Morgan fingerprint density at radius 1 is 0.326 bits per heavy atom. The predicted molar refractivity (Wildman–Crippen MR) is 184 cm³/mol. The van der Waals surface area contributed by atoms with Gasteiger partial charge in [0.15, 0.2) is 0 Å². The molecule has 9 rings (SSSR count). The van der Waals surface area contributed by atoms with Crippen molar-refractivity contribution < 1.29 is 0 Å². The third-order valence-corrected chi connectivity index (χ3v) is 8.85. The van der Waals surface area contributed by atoms with E-state index in [-0.39, 0.29) is 0 Å².